The Bertz CT molecular complexity index is 522. The van der Waals surface area contributed by atoms with Gasteiger partial charge in [-0.05, 0) is 25.5 Å². The van der Waals surface area contributed by atoms with Gasteiger partial charge in [0.2, 0.25) is 0 Å². The zero-order chi connectivity index (χ0) is 13.0. The van der Waals surface area contributed by atoms with Gasteiger partial charge >= 0.3 is 0 Å². The van der Waals surface area contributed by atoms with Gasteiger partial charge in [0.25, 0.3) is 0 Å². The Balaban J connectivity index is 2.50. The molecule has 2 rings (SSSR count). The van der Waals surface area contributed by atoms with Gasteiger partial charge in [0.15, 0.2) is 0 Å². The van der Waals surface area contributed by atoms with Crippen LogP contribution in [0.15, 0.2) is 18.2 Å². The van der Waals surface area contributed by atoms with Crippen molar-refractivity contribution in [3.63, 3.8) is 0 Å². The van der Waals surface area contributed by atoms with Crippen molar-refractivity contribution >= 4 is 22.6 Å². The maximum atomic E-state index is 5.99. The van der Waals surface area contributed by atoms with Crippen molar-refractivity contribution < 1.29 is 4.74 Å². The smallest absolute Gasteiger partial charge is 0.147 e. The summed E-state index contributed by atoms with van der Waals surface area (Å²) in [6.45, 7) is 5.78. The highest BCUT2D eigenvalue weighted by Crippen LogP contribution is 2.27. The summed E-state index contributed by atoms with van der Waals surface area (Å²) in [4.78, 5) is 4.61. The van der Waals surface area contributed by atoms with E-state index in [1.54, 1.807) is 0 Å². The fraction of sp³-hybridized carbons (Fsp3) is 0.500. The lowest BCUT2D eigenvalue weighted by Gasteiger charge is -2.07. The quantitative estimate of drug-likeness (QED) is 0.740. The van der Waals surface area contributed by atoms with E-state index in [9.17, 15) is 0 Å². The summed E-state index contributed by atoms with van der Waals surface area (Å²) >= 11 is 5.99. The van der Waals surface area contributed by atoms with Crippen LogP contribution in [0.4, 0.5) is 0 Å². The topological polar surface area (TPSA) is 27.1 Å². The molecule has 0 spiro atoms. The van der Waals surface area contributed by atoms with E-state index in [2.05, 4.69) is 22.5 Å². The second kappa shape index (κ2) is 6.10. The second-order valence-corrected chi connectivity index (χ2v) is 4.49. The number of halogens is 1. The molecule has 0 unspecified atom stereocenters. The average molecular weight is 267 g/mol. The molecule has 1 aromatic carbocycles. The average Bonchev–Trinajstić information content (AvgIpc) is 2.75. The second-order valence-electron chi connectivity index (χ2n) is 4.22. The normalized spacial score (nSPS) is 11.1. The van der Waals surface area contributed by atoms with E-state index in [0.29, 0.717) is 12.5 Å². The van der Waals surface area contributed by atoms with Crippen molar-refractivity contribution in [2.45, 2.75) is 39.1 Å². The van der Waals surface area contributed by atoms with Crippen molar-refractivity contribution in [2.75, 3.05) is 6.61 Å². The van der Waals surface area contributed by atoms with Gasteiger partial charge in [0.05, 0.1) is 18.0 Å². The summed E-state index contributed by atoms with van der Waals surface area (Å²) in [6, 6.07) is 6.05. The number of hydrogen-bond donors (Lipinski definition) is 0. The molecule has 0 saturated heterocycles. The Morgan fingerprint density at radius 1 is 1.33 bits per heavy atom. The Labute approximate surface area is 113 Å². The standard InChI is InChI=1S/C14H19ClN2O/c1-3-5-9-17-11-7-6-8-12(18-4-2)14(11)16-13(17)10-15/h6-8H,3-5,9-10H2,1-2H3. The summed E-state index contributed by atoms with van der Waals surface area (Å²) < 4.78 is 7.82. The lowest BCUT2D eigenvalue weighted by Crippen LogP contribution is -2.02. The first-order chi connectivity index (χ1) is 8.81. The van der Waals surface area contributed by atoms with Gasteiger partial charge < -0.3 is 9.30 Å². The Hall–Kier alpha value is -1.22. The SMILES string of the molecule is CCCCn1c(CCl)nc2c(OCC)cccc21. The monoisotopic (exact) mass is 266 g/mol. The van der Waals surface area contributed by atoms with Gasteiger partial charge in [-0.2, -0.15) is 0 Å². The van der Waals surface area contributed by atoms with Crippen LogP contribution >= 0.6 is 11.6 Å². The van der Waals surface area contributed by atoms with Gasteiger partial charge in [0.1, 0.15) is 17.1 Å². The third kappa shape index (κ3) is 2.46. The van der Waals surface area contributed by atoms with Crippen LogP contribution in [-0.4, -0.2) is 16.2 Å². The van der Waals surface area contributed by atoms with Crippen LogP contribution in [0, 0.1) is 0 Å². The highest BCUT2D eigenvalue weighted by molar-refractivity contribution is 6.16. The number of alkyl halides is 1. The number of aryl methyl sites for hydroxylation is 1. The van der Waals surface area contributed by atoms with Crippen LogP contribution < -0.4 is 4.74 Å². The Morgan fingerprint density at radius 3 is 2.83 bits per heavy atom. The summed E-state index contributed by atoms with van der Waals surface area (Å²) in [6.07, 6.45) is 2.29. The number of unbranched alkanes of at least 4 members (excludes halogenated alkanes) is 1. The van der Waals surface area contributed by atoms with E-state index in [4.69, 9.17) is 16.3 Å². The number of aromatic nitrogens is 2. The molecule has 3 nitrogen and oxygen atoms in total. The number of rotatable bonds is 6. The minimum absolute atomic E-state index is 0.434. The molecule has 0 aliphatic rings. The van der Waals surface area contributed by atoms with Crippen LogP contribution in [0.5, 0.6) is 5.75 Å². The maximum absolute atomic E-state index is 5.99. The molecule has 0 saturated carbocycles. The summed E-state index contributed by atoms with van der Waals surface area (Å²) in [7, 11) is 0. The number of fused-ring (bicyclic) bond motifs is 1. The van der Waals surface area contributed by atoms with Crippen LogP contribution in [0.1, 0.15) is 32.5 Å². The van der Waals surface area contributed by atoms with E-state index >= 15 is 0 Å². The van der Waals surface area contributed by atoms with Crippen molar-refractivity contribution in [1.82, 2.24) is 9.55 Å². The van der Waals surface area contributed by atoms with Crippen molar-refractivity contribution in [3.8, 4) is 5.75 Å². The molecule has 1 heterocycles. The van der Waals surface area contributed by atoms with E-state index in [0.717, 1.165) is 42.0 Å². The minimum Gasteiger partial charge on any atom is -0.492 e. The third-order valence-electron chi connectivity index (χ3n) is 2.98. The highest BCUT2D eigenvalue weighted by atomic mass is 35.5. The zero-order valence-electron chi connectivity index (χ0n) is 10.9. The number of hydrogen-bond acceptors (Lipinski definition) is 2. The lowest BCUT2D eigenvalue weighted by atomic mass is 10.2. The van der Waals surface area contributed by atoms with Crippen molar-refractivity contribution in [2.24, 2.45) is 0 Å². The first-order valence-corrected chi connectivity index (χ1v) is 7.02. The molecule has 0 bridgehead atoms. The first kappa shape index (κ1) is 13.2. The fourth-order valence-electron chi connectivity index (χ4n) is 2.11. The van der Waals surface area contributed by atoms with Crippen LogP contribution in [-0.2, 0) is 12.4 Å². The zero-order valence-corrected chi connectivity index (χ0v) is 11.7. The minimum atomic E-state index is 0.434. The van der Waals surface area contributed by atoms with E-state index in [1.165, 1.54) is 0 Å². The third-order valence-corrected chi connectivity index (χ3v) is 3.21. The van der Waals surface area contributed by atoms with Crippen LogP contribution in [0.25, 0.3) is 11.0 Å². The summed E-state index contributed by atoms with van der Waals surface area (Å²) in [5, 5.41) is 0. The molecule has 0 atom stereocenters. The maximum Gasteiger partial charge on any atom is 0.147 e. The van der Waals surface area contributed by atoms with E-state index < -0.39 is 0 Å². The highest BCUT2D eigenvalue weighted by Gasteiger charge is 2.12. The number of nitrogens with zero attached hydrogens (tertiary/aromatic N) is 2. The van der Waals surface area contributed by atoms with Gasteiger partial charge in [-0.25, -0.2) is 4.98 Å². The molecule has 0 aliphatic heterocycles. The van der Waals surface area contributed by atoms with Gasteiger partial charge in [-0.15, -0.1) is 11.6 Å². The van der Waals surface area contributed by atoms with Gasteiger partial charge in [-0.1, -0.05) is 19.4 Å². The van der Waals surface area contributed by atoms with Crippen molar-refractivity contribution in [3.05, 3.63) is 24.0 Å². The van der Waals surface area contributed by atoms with E-state index in [1.807, 2.05) is 19.1 Å². The fourth-order valence-corrected chi connectivity index (χ4v) is 2.31. The van der Waals surface area contributed by atoms with Gasteiger partial charge in [-0.3, -0.25) is 0 Å². The van der Waals surface area contributed by atoms with Crippen molar-refractivity contribution in [1.29, 1.82) is 0 Å². The number of benzene rings is 1. The molecule has 0 N–H and O–H groups in total. The Kier molecular flexibility index (Phi) is 4.48. The number of para-hydroxylation sites is 1. The van der Waals surface area contributed by atoms with Gasteiger partial charge in [0, 0.05) is 6.54 Å². The Morgan fingerprint density at radius 2 is 2.17 bits per heavy atom. The molecular weight excluding hydrogens is 248 g/mol. The molecule has 18 heavy (non-hydrogen) atoms. The number of imidazole rings is 1. The molecule has 0 aliphatic carbocycles. The lowest BCUT2D eigenvalue weighted by molar-refractivity contribution is 0.343. The van der Waals surface area contributed by atoms with Crippen LogP contribution in [0.3, 0.4) is 0 Å². The summed E-state index contributed by atoms with van der Waals surface area (Å²) in [5.74, 6) is 2.20. The first-order valence-electron chi connectivity index (χ1n) is 6.48. The molecule has 98 valence electrons. The molecule has 0 radical (unpaired) electrons. The predicted molar refractivity (Wildman–Crippen MR) is 75.4 cm³/mol. The molecule has 4 heteroatoms. The van der Waals surface area contributed by atoms with Crippen LogP contribution in [0.2, 0.25) is 0 Å². The molecule has 1 aromatic heterocycles. The molecule has 0 fully saturated rings. The molecular formula is C14H19ClN2O. The molecule has 0 amide bonds. The largest absolute Gasteiger partial charge is 0.492 e. The van der Waals surface area contributed by atoms with E-state index in [-0.39, 0.29) is 0 Å². The number of ether oxygens (including phenoxy) is 1. The predicted octanol–water partition coefficient (Wildman–Crippen LogP) is 3.97. The molecule has 2 aromatic rings. The summed E-state index contributed by atoms with van der Waals surface area (Å²) in [5.41, 5.74) is 2.04.